The maximum absolute atomic E-state index is 13.2. The van der Waals surface area contributed by atoms with Gasteiger partial charge in [-0.1, -0.05) is 45.2 Å². The monoisotopic (exact) mass is 542 g/mol. The van der Waals surface area contributed by atoms with Crippen LogP contribution < -0.4 is 10.1 Å². The quantitative estimate of drug-likeness (QED) is 0.460. The normalized spacial score (nSPS) is 12.3. The highest BCUT2D eigenvalue weighted by molar-refractivity contribution is 9.10. The molecular formula is C24H29BrCl2N2O3. The van der Waals surface area contributed by atoms with E-state index in [2.05, 4.69) is 21.2 Å². The largest absolute Gasteiger partial charge is 0.484 e. The zero-order valence-electron chi connectivity index (χ0n) is 19.2. The molecule has 0 aromatic heterocycles. The molecule has 0 aliphatic heterocycles. The Labute approximate surface area is 208 Å². The molecule has 0 aliphatic carbocycles. The van der Waals surface area contributed by atoms with Crippen molar-refractivity contribution in [3.05, 3.63) is 61.5 Å². The van der Waals surface area contributed by atoms with E-state index in [1.807, 2.05) is 46.8 Å². The van der Waals surface area contributed by atoms with Gasteiger partial charge in [0.2, 0.25) is 5.91 Å². The molecule has 2 rings (SSSR count). The lowest BCUT2D eigenvalue weighted by Crippen LogP contribution is -2.53. The molecule has 0 spiro atoms. The summed E-state index contributed by atoms with van der Waals surface area (Å²) < 4.78 is 6.79. The molecule has 0 radical (unpaired) electrons. The smallest absolute Gasteiger partial charge is 0.261 e. The van der Waals surface area contributed by atoms with Crippen LogP contribution in [0.1, 0.15) is 44.4 Å². The van der Waals surface area contributed by atoms with Crippen molar-refractivity contribution in [1.29, 1.82) is 0 Å². The Hall–Kier alpha value is -1.76. The van der Waals surface area contributed by atoms with Crippen molar-refractivity contribution in [2.45, 2.75) is 59.7 Å². The number of hydrogen-bond acceptors (Lipinski definition) is 3. The molecule has 174 valence electrons. The van der Waals surface area contributed by atoms with Gasteiger partial charge in [0, 0.05) is 16.6 Å². The molecule has 0 bridgehead atoms. The lowest BCUT2D eigenvalue weighted by atomic mass is 10.1. The van der Waals surface area contributed by atoms with Crippen molar-refractivity contribution in [3.63, 3.8) is 0 Å². The first-order chi connectivity index (χ1) is 14.8. The van der Waals surface area contributed by atoms with Crippen LogP contribution in [0.5, 0.6) is 5.75 Å². The zero-order valence-corrected chi connectivity index (χ0v) is 22.3. The first-order valence-electron chi connectivity index (χ1n) is 10.2. The molecule has 0 fully saturated rings. The van der Waals surface area contributed by atoms with Gasteiger partial charge in [-0.2, -0.15) is 0 Å². The summed E-state index contributed by atoms with van der Waals surface area (Å²) in [5.41, 5.74) is 2.36. The Morgan fingerprint density at radius 1 is 1.09 bits per heavy atom. The van der Waals surface area contributed by atoms with E-state index < -0.39 is 11.6 Å². The molecular weight excluding hydrogens is 515 g/mol. The van der Waals surface area contributed by atoms with Crippen LogP contribution in [-0.4, -0.2) is 34.9 Å². The third-order valence-electron chi connectivity index (χ3n) is 4.77. The number of carbonyl (C=O) groups excluding carboxylic acids is 2. The molecule has 0 heterocycles. The number of benzene rings is 2. The van der Waals surface area contributed by atoms with E-state index in [1.54, 1.807) is 25.1 Å². The minimum atomic E-state index is -0.715. The number of halogens is 3. The lowest BCUT2D eigenvalue weighted by molar-refractivity contribution is -0.142. The van der Waals surface area contributed by atoms with Gasteiger partial charge < -0.3 is 15.0 Å². The predicted octanol–water partition coefficient (Wildman–Crippen LogP) is 6.08. The number of nitrogens with one attached hydrogen (secondary N) is 1. The second kappa shape index (κ2) is 10.9. The first kappa shape index (κ1) is 26.5. The van der Waals surface area contributed by atoms with E-state index in [1.165, 1.54) is 4.90 Å². The average molecular weight is 544 g/mol. The Morgan fingerprint density at radius 3 is 2.22 bits per heavy atom. The number of ether oxygens (including phenoxy) is 1. The van der Waals surface area contributed by atoms with Gasteiger partial charge >= 0.3 is 0 Å². The van der Waals surface area contributed by atoms with Gasteiger partial charge in [0.25, 0.3) is 5.91 Å². The highest BCUT2D eigenvalue weighted by Crippen LogP contribution is 2.27. The van der Waals surface area contributed by atoms with Crippen LogP contribution in [-0.2, 0) is 16.1 Å². The molecule has 0 saturated heterocycles. The summed E-state index contributed by atoms with van der Waals surface area (Å²) in [6.45, 7) is 11.3. The third-order valence-corrected chi connectivity index (χ3v) is 6.76. The van der Waals surface area contributed by atoms with Crippen molar-refractivity contribution in [1.82, 2.24) is 10.2 Å². The third kappa shape index (κ3) is 7.39. The molecule has 2 amide bonds. The molecule has 1 N–H and O–H groups in total. The molecule has 0 saturated carbocycles. The van der Waals surface area contributed by atoms with E-state index in [4.69, 9.17) is 27.9 Å². The van der Waals surface area contributed by atoms with Gasteiger partial charge in [0.15, 0.2) is 6.61 Å². The highest BCUT2D eigenvalue weighted by atomic mass is 79.9. The average Bonchev–Trinajstić information content (AvgIpc) is 2.69. The first-order valence-corrected chi connectivity index (χ1v) is 11.8. The summed E-state index contributed by atoms with van der Waals surface area (Å²) in [4.78, 5) is 27.5. The number of aryl methyl sites for hydroxylation is 2. The van der Waals surface area contributed by atoms with E-state index in [0.29, 0.717) is 15.8 Å². The number of hydrogen-bond donors (Lipinski definition) is 1. The molecule has 0 unspecified atom stereocenters. The fraction of sp³-hybridized carbons (Fsp3) is 0.417. The Bertz CT molecular complexity index is 982. The number of amides is 2. The number of nitrogens with zero attached hydrogens (tertiary/aromatic N) is 1. The van der Waals surface area contributed by atoms with Gasteiger partial charge in [-0.05, 0) is 82.5 Å². The van der Waals surface area contributed by atoms with Crippen molar-refractivity contribution in [2.24, 2.45) is 0 Å². The maximum Gasteiger partial charge on any atom is 0.261 e. The van der Waals surface area contributed by atoms with Crippen LogP contribution in [0.3, 0.4) is 0 Å². The second-order valence-electron chi connectivity index (χ2n) is 8.85. The van der Waals surface area contributed by atoms with Gasteiger partial charge in [0.05, 0.1) is 10.0 Å². The number of carbonyl (C=O) groups is 2. The zero-order chi connectivity index (χ0) is 24.2. The van der Waals surface area contributed by atoms with Gasteiger partial charge in [0.1, 0.15) is 11.8 Å². The Balaban J connectivity index is 2.24. The van der Waals surface area contributed by atoms with Crippen LogP contribution in [0.4, 0.5) is 0 Å². The van der Waals surface area contributed by atoms with Gasteiger partial charge in [-0.3, -0.25) is 9.59 Å². The van der Waals surface area contributed by atoms with Gasteiger partial charge in [-0.25, -0.2) is 0 Å². The van der Waals surface area contributed by atoms with E-state index in [0.717, 1.165) is 21.2 Å². The molecule has 32 heavy (non-hydrogen) atoms. The predicted molar refractivity (Wildman–Crippen MR) is 133 cm³/mol. The molecule has 5 nitrogen and oxygen atoms in total. The summed E-state index contributed by atoms with van der Waals surface area (Å²) in [5.74, 6) is 0.0323. The molecule has 2 aromatic rings. The lowest BCUT2D eigenvalue weighted by Gasteiger charge is -2.31. The summed E-state index contributed by atoms with van der Waals surface area (Å²) in [6.07, 6.45) is 0. The fourth-order valence-electron chi connectivity index (χ4n) is 3.11. The van der Waals surface area contributed by atoms with E-state index in [9.17, 15) is 9.59 Å². The topological polar surface area (TPSA) is 58.6 Å². The second-order valence-corrected chi connectivity index (χ2v) is 10.5. The van der Waals surface area contributed by atoms with Crippen molar-refractivity contribution in [2.75, 3.05) is 6.61 Å². The van der Waals surface area contributed by atoms with Crippen LogP contribution in [0.25, 0.3) is 0 Å². The molecule has 1 atom stereocenters. The fourth-order valence-corrected chi connectivity index (χ4v) is 3.66. The molecule has 2 aromatic carbocycles. The van der Waals surface area contributed by atoms with Crippen LogP contribution >= 0.6 is 39.1 Å². The summed E-state index contributed by atoms with van der Waals surface area (Å²) in [5, 5.41) is 3.75. The Morgan fingerprint density at radius 2 is 1.69 bits per heavy atom. The summed E-state index contributed by atoms with van der Waals surface area (Å²) in [6, 6.07) is 8.16. The van der Waals surface area contributed by atoms with Crippen LogP contribution in [0.15, 0.2) is 34.8 Å². The van der Waals surface area contributed by atoms with Crippen molar-refractivity contribution >= 4 is 50.9 Å². The SMILES string of the molecule is Cc1cc(OCC(=O)N(Cc2ccc(Cl)c(Cl)c2)[C@@H](C)C(=O)NC(C)(C)C)cc(C)c1Br. The number of rotatable bonds is 7. The van der Waals surface area contributed by atoms with Gasteiger partial charge in [-0.15, -0.1) is 0 Å². The molecule has 8 heteroatoms. The van der Waals surface area contributed by atoms with E-state index in [-0.39, 0.29) is 25.0 Å². The Kier molecular flexibility index (Phi) is 9.03. The van der Waals surface area contributed by atoms with Crippen LogP contribution in [0, 0.1) is 13.8 Å². The summed E-state index contributed by atoms with van der Waals surface area (Å²) >= 11 is 15.7. The highest BCUT2D eigenvalue weighted by Gasteiger charge is 2.29. The standard InChI is InChI=1S/C24H29BrCl2N2O3/c1-14-9-18(10-15(2)22(14)25)32-13-21(30)29(16(3)23(31)28-24(4,5)6)12-17-7-8-19(26)20(27)11-17/h7-11,16H,12-13H2,1-6H3,(H,28,31)/t16-/m0/s1. The minimum absolute atomic E-state index is 0.191. The molecule has 0 aliphatic rings. The van der Waals surface area contributed by atoms with Crippen molar-refractivity contribution < 1.29 is 14.3 Å². The van der Waals surface area contributed by atoms with E-state index >= 15 is 0 Å². The minimum Gasteiger partial charge on any atom is -0.484 e. The van der Waals surface area contributed by atoms with Crippen molar-refractivity contribution in [3.8, 4) is 5.75 Å². The summed E-state index contributed by atoms with van der Waals surface area (Å²) in [7, 11) is 0. The van der Waals surface area contributed by atoms with Crippen LogP contribution in [0.2, 0.25) is 10.0 Å². The maximum atomic E-state index is 13.2.